The molecule has 0 aliphatic rings. The first-order valence-electron chi connectivity index (χ1n) is 6.12. The molecule has 0 fully saturated rings. The van der Waals surface area contributed by atoms with Crippen LogP contribution in [0.2, 0.25) is 0 Å². The largest absolute Gasteiger partial charge is 0.397 e. The summed E-state index contributed by atoms with van der Waals surface area (Å²) in [5.41, 5.74) is 7.62. The summed E-state index contributed by atoms with van der Waals surface area (Å²) in [6.07, 6.45) is 1.77. The summed E-state index contributed by atoms with van der Waals surface area (Å²) in [5, 5.41) is 2.88. The normalized spacial score (nSPS) is 10.8. The number of hydrogen-bond donors (Lipinski definition) is 2. The summed E-state index contributed by atoms with van der Waals surface area (Å²) in [4.78, 5) is 12.4. The average Bonchev–Trinajstić information content (AvgIpc) is 2.76. The number of benzene rings is 1. The van der Waals surface area contributed by atoms with Crippen molar-refractivity contribution in [3.05, 3.63) is 45.1 Å². The minimum atomic E-state index is -0.186. The standard InChI is InChI=1S/C14H15Br2N3O/c1-8(2)19-7-10(17)6-13(19)14(20)18-12-5-9(15)3-4-11(12)16/h3-8H,17H2,1-2H3,(H,18,20). The van der Waals surface area contributed by atoms with Gasteiger partial charge in [0.05, 0.1) is 11.4 Å². The SMILES string of the molecule is CC(C)n1cc(N)cc1C(=O)Nc1cc(Br)ccc1Br. The quantitative estimate of drug-likeness (QED) is 0.800. The van der Waals surface area contributed by atoms with Crippen molar-refractivity contribution in [1.82, 2.24) is 4.57 Å². The van der Waals surface area contributed by atoms with Gasteiger partial charge in [-0.15, -0.1) is 0 Å². The lowest BCUT2D eigenvalue weighted by Gasteiger charge is -2.13. The maximum atomic E-state index is 12.4. The Hall–Kier alpha value is -1.27. The van der Waals surface area contributed by atoms with Gasteiger partial charge in [0.1, 0.15) is 5.69 Å². The topological polar surface area (TPSA) is 60.0 Å². The Morgan fingerprint density at radius 2 is 2.00 bits per heavy atom. The second-order valence-electron chi connectivity index (χ2n) is 4.74. The van der Waals surface area contributed by atoms with Crippen LogP contribution in [0, 0.1) is 0 Å². The fourth-order valence-electron chi connectivity index (χ4n) is 1.89. The third-order valence-electron chi connectivity index (χ3n) is 2.84. The first-order valence-corrected chi connectivity index (χ1v) is 7.71. The van der Waals surface area contributed by atoms with Crippen LogP contribution in [-0.4, -0.2) is 10.5 Å². The van der Waals surface area contributed by atoms with Crippen molar-refractivity contribution in [2.24, 2.45) is 0 Å². The summed E-state index contributed by atoms with van der Waals surface area (Å²) >= 11 is 6.80. The van der Waals surface area contributed by atoms with Crippen LogP contribution in [-0.2, 0) is 0 Å². The summed E-state index contributed by atoms with van der Waals surface area (Å²) < 4.78 is 3.58. The predicted octanol–water partition coefficient (Wildman–Crippen LogP) is 4.43. The Labute approximate surface area is 134 Å². The molecular weight excluding hydrogens is 386 g/mol. The van der Waals surface area contributed by atoms with Gasteiger partial charge < -0.3 is 15.6 Å². The van der Waals surface area contributed by atoms with Crippen LogP contribution in [0.5, 0.6) is 0 Å². The van der Waals surface area contributed by atoms with Crippen LogP contribution in [0.3, 0.4) is 0 Å². The Bertz CT molecular complexity index is 650. The molecule has 0 aliphatic carbocycles. The van der Waals surface area contributed by atoms with E-state index in [1.165, 1.54) is 0 Å². The number of nitrogens with two attached hydrogens (primary N) is 1. The van der Waals surface area contributed by atoms with Crippen molar-refractivity contribution in [3.8, 4) is 0 Å². The van der Waals surface area contributed by atoms with Crippen LogP contribution in [0.1, 0.15) is 30.4 Å². The van der Waals surface area contributed by atoms with Crippen LogP contribution >= 0.6 is 31.9 Å². The molecule has 6 heteroatoms. The van der Waals surface area contributed by atoms with Crippen LogP contribution in [0.15, 0.2) is 39.4 Å². The Balaban J connectivity index is 2.31. The molecule has 0 saturated carbocycles. The van der Waals surface area contributed by atoms with Crippen molar-refractivity contribution < 1.29 is 4.79 Å². The van der Waals surface area contributed by atoms with E-state index in [9.17, 15) is 4.79 Å². The van der Waals surface area contributed by atoms with E-state index in [0.29, 0.717) is 17.1 Å². The zero-order valence-electron chi connectivity index (χ0n) is 11.2. The number of carbonyl (C=O) groups excluding carboxylic acids is 1. The summed E-state index contributed by atoms with van der Waals surface area (Å²) in [6, 6.07) is 7.46. The smallest absolute Gasteiger partial charge is 0.272 e. The monoisotopic (exact) mass is 399 g/mol. The van der Waals surface area contributed by atoms with Gasteiger partial charge in [0.2, 0.25) is 0 Å². The molecule has 0 saturated heterocycles. The number of rotatable bonds is 3. The fourth-order valence-corrected chi connectivity index (χ4v) is 2.60. The van der Waals surface area contributed by atoms with Gasteiger partial charge in [-0.05, 0) is 54.0 Å². The van der Waals surface area contributed by atoms with Crippen LogP contribution in [0.25, 0.3) is 0 Å². The Morgan fingerprint density at radius 1 is 1.30 bits per heavy atom. The highest BCUT2D eigenvalue weighted by atomic mass is 79.9. The second-order valence-corrected chi connectivity index (χ2v) is 6.51. The van der Waals surface area contributed by atoms with Crippen LogP contribution < -0.4 is 11.1 Å². The fraction of sp³-hybridized carbons (Fsp3) is 0.214. The molecule has 4 nitrogen and oxygen atoms in total. The molecule has 1 aromatic carbocycles. The van der Waals surface area contributed by atoms with E-state index in [4.69, 9.17) is 5.73 Å². The first-order chi connectivity index (χ1) is 9.38. The second kappa shape index (κ2) is 6.01. The van der Waals surface area contributed by atoms with Gasteiger partial charge in [-0.2, -0.15) is 0 Å². The maximum Gasteiger partial charge on any atom is 0.272 e. The Kier molecular flexibility index (Phi) is 4.55. The average molecular weight is 401 g/mol. The lowest BCUT2D eigenvalue weighted by Crippen LogP contribution is -2.18. The van der Waals surface area contributed by atoms with Crippen molar-refractivity contribution in [1.29, 1.82) is 0 Å². The molecule has 1 amide bonds. The number of anilines is 2. The first kappa shape index (κ1) is 15.1. The zero-order valence-corrected chi connectivity index (χ0v) is 14.3. The van der Waals surface area contributed by atoms with E-state index >= 15 is 0 Å². The van der Waals surface area contributed by atoms with E-state index in [-0.39, 0.29) is 11.9 Å². The minimum Gasteiger partial charge on any atom is -0.397 e. The predicted molar refractivity (Wildman–Crippen MR) is 89.0 cm³/mol. The summed E-state index contributed by atoms with van der Waals surface area (Å²) in [6.45, 7) is 4.01. The lowest BCUT2D eigenvalue weighted by atomic mass is 10.3. The molecule has 0 unspecified atom stereocenters. The van der Waals surface area contributed by atoms with Gasteiger partial charge in [0.15, 0.2) is 0 Å². The van der Waals surface area contributed by atoms with Crippen molar-refractivity contribution in [2.45, 2.75) is 19.9 Å². The molecule has 0 bridgehead atoms. The number of nitrogens with one attached hydrogen (secondary N) is 1. The number of nitrogen functional groups attached to an aromatic ring is 1. The number of nitrogens with zero attached hydrogens (tertiary/aromatic N) is 1. The number of hydrogen-bond acceptors (Lipinski definition) is 2. The number of aromatic nitrogens is 1. The molecule has 0 spiro atoms. The molecular formula is C14H15Br2N3O. The summed E-state index contributed by atoms with van der Waals surface area (Å²) in [5.74, 6) is -0.186. The van der Waals surface area contributed by atoms with Gasteiger partial charge in [-0.25, -0.2) is 0 Å². The highest BCUT2D eigenvalue weighted by Gasteiger charge is 2.16. The van der Waals surface area contributed by atoms with Crippen LogP contribution in [0.4, 0.5) is 11.4 Å². The van der Waals surface area contributed by atoms with Gasteiger partial charge in [-0.1, -0.05) is 15.9 Å². The molecule has 0 aliphatic heterocycles. The molecule has 0 radical (unpaired) electrons. The molecule has 1 aromatic heterocycles. The summed E-state index contributed by atoms with van der Waals surface area (Å²) in [7, 11) is 0. The van der Waals surface area contributed by atoms with Crippen molar-refractivity contribution >= 4 is 49.1 Å². The van der Waals surface area contributed by atoms with Gasteiger partial charge in [0.25, 0.3) is 5.91 Å². The Morgan fingerprint density at radius 3 is 2.65 bits per heavy atom. The molecule has 2 rings (SSSR count). The van der Waals surface area contributed by atoms with E-state index < -0.39 is 0 Å². The molecule has 1 heterocycles. The zero-order chi connectivity index (χ0) is 14.9. The highest BCUT2D eigenvalue weighted by molar-refractivity contribution is 9.11. The molecule has 106 valence electrons. The third kappa shape index (κ3) is 3.24. The van der Waals surface area contributed by atoms with Crippen molar-refractivity contribution in [2.75, 3.05) is 11.1 Å². The van der Waals surface area contributed by atoms with Gasteiger partial charge >= 0.3 is 0 Å². The lowest BCUT2D eigenvalue weighted by molar-refractivity contribution is 0.101. The van der Waals surface area contributed by atoms with Crippen molar-refractivity contribution in [3.63, 3.8) is 0 Å². The van der Waals surface area contributed by atoms with Gasteiger partial charge in [0, 0.05) is 21.2 Å². The van der Waals surface area contributed by atoms with E-state index in [1.807, 2.05) is 36.6 Å². The molecule has 0 atom stereocenters. The molecule has 2 aromatic rings. The molecule has 20 heavy (non-hydrogen) atoms. The number of carbonyl (C=O) groups is 1. The highest BCUT2D eigenvalue weighted by Crippen LogP contribution is 2.27. The third-order valence-corrected chi connectivity index (χ3v) is 4.02. The molecule has 3 N–H and O–H groups in total. The number of amides is 1. The number of halogens is 2. The maximum absolute atomic E-state index is 12.4. The van der Waals surface area contributed by atoms with Gasteiger partial charge in [-0.3, -0.25) is 4.79 Å². The minimum absolute atomic E-state index is 0.166. The van der Waals surface area contributed by atoms with E-state index in [1.54, 1.807) is 12.3 Å². The van der Waals surface area contributed by atoms with E-state index in [2.05, 4.69) is 37.2 Å². The van der Waals surface area contributed by atoms with E-state index in [0.717, 1.165) is 8.95 Å².